The zero-order valence-corrected chi connectivity index (χ0v) is 10.8. The fraction of sp³-hybridized carbons (Fsp3) is 1.00. The largest absolute Gasteiger partial charge is 0.379 e. The first-order chi connectivity index (χ1) is 7.31. The van der Waals surface area contributed by atoms with Crippen LogP contribution in [0.5, 0.6) is 0 Å². The molecule has 1 atom stereocenters. The first kappa shape index (κ1) is 14.9. The predicted molar refractivity (Wildman–Crippen MR) is 65.3 cm³/mol. The Morgan fingerprint density at radius 1 is 0.933 bits per heavy atom. The maximum Gasteiger partial charge on any atom is 0.0776 e. The van der Waals surface area contributed by atoms with Crippen molar-refractivity contribution in [1.29, 1.82) is 0 Å². The molecule has 0 amide bonds. The normalized spacial score (nSPS) is 13.0. The van der Waals surface area contributed by atoms with E-state index < -0.39 is 0 Å². The van der Waals surface area contributed by atoms with Gasteiger partial charge in [0, 0.05) is 13.7 Å². The molecule has 2 nitrogen and oxygen atoms in total. The minimum absolute atomic E-state index is 0.231. The molecule has 0 aliphatic carbocycles. The van der Waals surface area contributed by atoms with Crippen molar-refractivity contribution in [3.63, 3.8) is 0 Å². The van der Waals surface area contributed by atoms with E-state index in [0.29, 0.717) is 0 Å². The molecule has 0 radical (unpaired) electrons. The van der Waals surface area contributed by atoms with Crippen molar-refractivity contribution in [2.75, 3.05) is 20.3 Å². The molecule has 1 unspecified atom stereocenters. The number of rotatable bonds is 11. The molecule has 0 spiro atoms. The third-order valence-corrected chi connectivity index (χ3v) is 2.65. The summed E-state index contributed by atoms with van der Waals surface area (Å²) in [4.78, 5) is 0. The molecular formula is C13H28O2. The quantitative estimate of drug-likeness (QED) is 0.489. The van der Waals surface area contributed by atoms with Gasteiger partial charge in [0.2, 0.25) is 0 Å². The Bertz CT molecular complexity index is 115. The third-order valence-electron chi connectivity index (χ3n) is 2.65. The van der Waals surface area contributed by atoms with Gasteiger partial charge < -0.3 is 9.47 Å². The highest BCUT2D eigenvalue weighted by Crippen LogP contribution is 2.06. The summed E-state index contributed by atoms with van der Waals surface area (Å²) in [5.74, 6) is 0. The van der Waals surface area contributed by atoms with Crippen LogP contribution in [0.15, 0.2) is 0 Å². The molecule has 0 fully saturated rings. The van der Waals surface area contributed by atoms with Gasteiger partial charge in [0.05, 0.1) is 12.7 Å². The van der Waals surface area contributed by atoms with Gasteiger partial charge in [-0.25, -0.2) is 0 Å². The lowest BCUT2D eigenvalue weighted by Gasteiger charge is -2.09. The van der Waals surface area contributed by atoms with E-state index in [1.165, 1.54) is 44.9 Å². The Balaban J connectivity index is 2.92. The number of unbranched alkanes of at least 4 members (excludes halogenated alkanes) is 6. The molecule has 0 N–H and O–H groups in total. The van der Waals surface area contributed by atoms with Crippen molar-refractivity contribution in [2.24, 2.45) is 0 Å². The number of hydrogen-bond acceptors (Lipinski definition) is 2. The monoisotopic (exact) mass is 216 g/mol. The van der Waals surface area contributed by atoms with Crippen LogP contribution in [0, 0.1) is 0 Å². The van der Waals surface area contributed by atoms with E-state index in [1.807, 2.05) is 6.92 Å². The third kappa shape index (κ3) is 11.8. The van der Waals surface area contributed by atoms with Crippen LogP contribution in [0.2, 0.25) is 0 Å². The summed E-state index contributed by atoms with van der Waals surface area (Å²) < 4.78 is 10.6. The number of hydrogen-bond donors (Lipinski definition) is 0. The minimum atomic E-state index is 0.231. The summed E-state index contributed by atoms with van der Waals surface area (Å²) in [5, 5.41) is 0. The Kier molecular flexibility index (Phi) is 11.9. The van der Waals surface area contributed by atoms with Crippen LogP contribution < -0.4 is 0 Å². The van der Waals surface area contributed by atoms with Gasteiger partial charge in [-0.05, 0) is 13.3 Å². The van der Waals surface area contributed by atoms with E-state index in [4.69, 9.17) is 9.47 Å². The molecule has 0 heterocycles. The van der Waals surface area contributed by atoms with Crippen molar-refractivity contribution < 1.29 is 9.47 Å². The molecule has 0 saturated carbocycles. The molecule has 0 aromatic carbocycles. The van der Waals surface area contributed by atoms with Gasteiger partial charge in [0.25, 0.3) is 0 Å². The Labute approximate surface area is 95.3 Å². The second-order valence-corrected chi connectivity index (χ2v) is 4.24. The Morgan fingerprint density at radius 2 is 1.53 bits per heavy atom. The number of ether oxygens (including phenoxy) is 2. The molecule has 0 aromatic rings. The van der Waals surface area contributed by atoms with Gasteiger partial charge in [-0.15, -0.1) is 0 Å². The fourth-order valence-corrected chi connectivity index (χ4v) is 1.48. The number of methoxy groups -OCH3 is 1. The van der Waals surface area contributed by atoms with E-state index >= 15 is 0 Å². The lowest BCUT2D eigenvalue weighted by molar-refractivity contribution is 0.0174. The first-order valence-corrected chi connectivity index (χ1v) is 6.41. The molecule has 0 aliphatic rings. The van der Waals surface area contributed by atoms with Crippen molar-refractivity contribution in [2.45, 2.75) is 64.9 Å². The predicted octanol–water partition coefficient (Wildman–Crippen LogP) is 3.79. The van der Waals surface area contributed by atoms with Crippen LogP contribution in [0.1, 0.15) is 58.8 Å². The molecule has 15 heavy (non-hydrogen) atoms. The van der Waals surface area contributed by atoms with Crippen LogP contribution in [-0.2, 0) is 9.47 Å². The Hall–Kier alpha value is -0.0800. The van der Waals surface area contributed by atoms with Gasteiger partial charge in [0.15, 0.2) is 0 Å². The molecule has 0 saturated heterocycles. The summed E-state index contributed by atoms with van der Waals surface area (Å²) in [5.41, 5.74) is 0. The van der Waals surface area contributed by atoms with Gasteiger partial charge in [-0.3, -0.25) is 0 Å². The summed E-state index contributed by atoms with van der Waals surface area (Å²) in [6, 6.07) is 0. The van der Waals surface area contributed by atoms with Crippen molar-refractivity contribution >= 4 is 0 Å². The highest BCUT2D eigenvalue weighted by Gasteiger charge is 1.98. The first-order valence-electron chi connectivity index (χ1n) is 6.41. The average Bonchev–Trinajstić information content (AvgIpc) is 2.26. The van der Waals surface area contributed by atoms with E-state index in [9.17, 15) is 0 Å². The van der Waals surface area contributed by atoms with Gasteiger partial charge in [-0.1, -0.05) is 45.4 Å². The van der Waals surface area contributed by atoms with Gasteiger partial charge >= 0.3 is 0 Å². The standard InChI is InChI=1S/C13H28O2/c1-4-5-6-7-8-9-10-11-15-12-13(2)14-3/h13H,4-12H2,1-3H3. The van der Waals surface area contributed by atoms with Crippen LogP contribution >= 0.6 is 0 Å². The maximum absolute atomic E-state index is 5.49. The Morgan fingerprint density at radius 3 is 2.13 bits per heavy atom. The zero-order valence-electron chi connectivity index (χ0n) is 10.8. The van der Waals surface area contributed by atoms with E-state index in [1.54, 1.807) is 7.11 Å². The summed E-state index contributed by atoms with van der Waals surface area (Å²) in [6.07, 6.45) is 9.62. The van der Waals surface area contributed by atoms with Gasteiger partial charge in [0.1, 0.15) is 0 Å². The van der Waals surface area contributed by atoms with Crippen LogP contribution in [0.4, 0.5) is 0 Å². The van der Waals surface area contributed by atoms with Crippen LogP contribution in [0.3, 0.4) is 0 Å². The van der Waals surface area contributed by atoms with E-state index in [2.05, 4.69) is 6.92 Å². The molecule has 92 valence electrons. The topological polar surface area (TPSA) is 18.5 Å². The summed E-state index contributed by atoms with van der Waals surface area (Å²) >= 11 is 0. The summed E-state index contributed by atoms with van der Waals surface area (Å²) in [7, 11) is 1.72. The average molecular weight is 216 g/mol. The molecular weight excluding hydrogens is 188 g/mol. The minimum Gasteiger partial charge on any atom is -0.379 e. The second kappa shape index (κ2) is 12.0. The molecule has 0 bridgehead atoms. The van der Waals surface area contributed by atoms with E-state index in [-0.39, 0.29) is 6.10 Å². The molecule has 2 heteroatoms. The van der Waals surface area contributed by atoms with Crippen LogP contribution in [0.25, 0.3) is 0 Å². The SMILES string of the molecule is CCCCCCCCCOCC(C)OC. The van der Waals surface area contributed by atoms with Crippen LogP contribution in [-0.4, -0.2) is 26.4 Å². The van der Waals surface area contributed by atoms with Gasteiger partial charge in [-0.2, -0.15) is 0 Å². The molecule has 0 rings (SSSR count). The van der Waals surface area contributed by atoms with Crippen molar-refractivity contribution in [1.82, 2.24) is 0 Å². The lowest BCUT2D eigenvalue weighted by atomic mass is 10.1. The fourth-order valence-electron chi connectivity index (χ4n) is 1.48. The maximum atomic E-state index is 5.49. The van der Waals surface area contributed by atoms with Crippen molar-refractivity contribution in [3.8, 4) is 0 Å². The molecule has 0 aliphatic heterocycles. The molecule has 0 aromatic heterocycles. The smallest absolute Gasteiger partial charge is 0.0776 e. The lowest BCUT2D eigenvalue weighted by Crippen LogP contribution is -2.14. The highest BCUT2D eigenvalue weighted by molar-refractivity contribution is 4.47. The van der Waals surface area contributed by atoms with E-state index in [0.717, 1.165) is 13.2 Å². The second-order valence-electron chi connectivity index (χ2n) is 4.24. The van der Waals surface area contributed by atoms with Crippen molar-refractivity contribution in [3.05, 3.63) is 0 Å². The zero-order chi connectivity index (χ0) is 11.4. The highest BCUT2D eigenvalue weighted by atomic mass is 16.5. The summed E-state index contributed by atoms with van der Waals surface area (Å²) in [6.45, 7) is 5.91.